The summed E-state index contributed by atoms with van der Waals surface area (Å²) in [5, 5.41) is 5.97. The highest BCUT2D eigenvalue weighted by Gasteiger charge is 2.24. The number of anilines is 2. The van der Waals surface area contributed by atoms with Crippen LogP contribution in [-0.4, -0.2) is 30.9 Å². The van der Waals surface area contributed by atoms with Gasteiger partial charge in [0.1, 0.15) is 0 Å². The fourth-order valence-corrected chi connectivity index (χ4v) is 2.75. The van der Waals surface area contributed by atoms with E-state index in [1.165, 1.54) is 0 Å². The summed E-state index contributed by atoms with van der Waals surface area (Å²) in [5.74, 6) is -0.141. The van der Waals surface area contributed by atoms with Crippen LogP contribution in [-0.2, 0) is 4.79 Å². The molecule has 1 fully saturated rings. The summed E-state index contributed by atoms with van der Waals surface area (Å²) in [6, 6.07) is 5.76. The molecule has 1 heterocycles. The molecule has 0 spiro atoms. The zero-order valence-electron chi connectivity index (χ0n) is 16.1. The Hall–Kier alpha value is -2.04. The van der Waals surface area contributed by atoms with Crippen LogP contribution in [0.4, 0.5) is 11.4 Å². The van der Waals surface area contributed by atoms with Gasteiger partial charge in [-0.2, -0.15) is 0 Å². The second kappa shape index (κ2) is 7.89. The number of carbonyl (C=O) groups is 2. The lowest BCUT2D eigenvalue weighted by atomic mass is 9.95. The van der Waals surface area contributed by atoms with E-state index in [1.54, 1.807) is 6.07 Å². The fourth-order valence-electron chi connectivity index (χ4n) is 2.75. The van der Waals surface area contributed by atoms with E-state index in [9.17, 15) is 9.59 Å². The first-order valence-corrected chi connectivity index (χ1v) is 9.23. The Morgan fingerprint density at radius 1 is 1.20 bits per heavy atom. The van der Waals surface area contributed by atoms with Gasteiger partial charge in [0, 0.05) is 35.9 Å². The maximum atomic E-state index is 12.8. The molecule has 0 bridgehead atoms. The molecule has 5 heteroatoms. The van der Waals surface area contributed by atoms with Crippen molar-refractivity contribution in [3.05, 3.63) is 23.8 Å². The van der Waals surface area contributed by atoms with E-state index < -0.39 is 5.41 Å². The van der Waals surface area contributed by atoms with Crippen molar-refractivity contribution in [1.29, 1.82) is 0 Å². The van der Waals surface area contributed by atoms with Gasteiger partial charge in [-0.3, -0.25) is 9.59 Å². The molecule has 25 heavy (non-hydrogen) atoms. The molecule has 0 aliphatic carbocycles. The van der Waals surface area contributed by atoms with Gasteiger partial charge in [0.05, 0.1) is 5.56 Å². The first-order valence-electron chi connectivity index (χ1n) is 9.23. The predicted molar refractivity (Wildman–Crippen MR) is 103 cm³/mol. The molecule has 0 aromatic heterocycles. The van der Waals surface area contributed by atoms with Crippen LogP contribution in [0.15, 0.2) is 18.2 Å². The number of hydrogen-bond donors (Lipinski definition) is 2. The van der Waals surface area contributed by atoms with E-state index in [2.05, 4.69) is 15.5 Å². The minimum atomic E-state index is -0.479. The van der Waals surface area contributed by atoms with Gasteiger partial charge in [0.2, 0.25) is 5.91 Å². The Morgan fingerprint density at radius 2 is 1.84 bits per heavy atom. The van der Waals surface area contributed by atoms with Crippen LogP contribution in [0.5, 0.6) is 0 Å². The van der Waals surface area contributed by atoms with Crippen molar-refractivity contribution in [3.8, 4) is 0 Å². The van der Waals surface area contributed by atoms with Crippen molar-refractivity contribution in [3.63, 3.8) is 0 Å². The molecule has 1 atom stereocenters. The zero-order valence-corrected chi connectivity index (χ0v) is 16.1. The summed E-state index contributed by atoms with van der Waals surface area (Å²) >= 11 is 0. The van der Waals surface area contributed by atoms with Gasteiger partial charge in [0.25, 0.3) is 5.91 Å². The molecule has 1 saturated heterocycles. The van der Waals surface area contributed by atoms with E-state index >= 15 is 0 Å². The molecule has 2 N–H and O–H groups in total. The van der Waals surface area contributed by atoms with Gasteiger partial charge in [-0.1, -0.05) is 27.7 Å². The van der Waals surface area contributed by atoms with E-state index in [-0.39, 0.29) is 17.9 Å². The average molecular weight is 345 g/mol. The maximum absolute atomic E-state index is 12.8. The summed E-state index contributed by atoms with van der Waals surface area (Å²) in [7, 11) is 0. The quantitative estimate of drug-likeness (QED) is 0.853. The molecule has 138 valence electrons. The van der Waals surface area contributed by atoms with Crippen molar-refractivity contribution in [1.82, 2.24) is 5.32 Å². The Bertz CT molecular complexity index is 628. The molecule has 1 aromatic rings. The number of nitrogens with zero attached hydrogens (tertiary/aromatic N) is 1. The highest BCUT2D eigenvalue weighted by atomic mass is 16.2. The van der Waals surface area contributed by atoms with E-state index in [4.69, 9.17) is 0 Å². The van der Waals surface area contributed by atoms with Crippen LogP contribution in [0.1, 0.15) is 64.2 Å². The lowest BCUT2D eigenvalue weighted by Crippen LogP contribution is -2.34. The largest absolute Gasteiger partial charge is 0.371 e. The van der Waals surface area contributed by atoms with Crippen molar-refractivity contribution >= 4 is 23.2 Å². The van der Waals surface area contributed by atoms with E-state index in [1.807, 2.05) is 46.8 Å². The number of carbonyl (C=O) groups excluding carboxylic acids is 2. The van der Waals surface area contributed by atoms with Crippen molar-refractivity contribution in [2.75, 3.05) is 23.3 Å². The van der Waals surface area contributed by atoms with Crippen LogP contribution in [0.2, 0.25) is 0 Å². The summed E-state index contributed by atoms with van der Waals surface area (Å²) in [4.78, 5) is 27.3. The van der Waals surface area contributed by atoms with Gasteiger partial charge in [-0.25, -0.2) is 0 Å². The topological polar surface area (TPSA) is 61.4 Å². The number of rotatable bonds is 5. The lowest BCUT2D eigenvalue weighted by Gasteiger charge is -2.23. The Labute approximate surface area is 151 Å². The van der Waals surface area contributed by atoms with Crippen LogP contribution in [0.25, 0.3) is 0 Å². The summed E-state index contributed by atoms with van der Waals surface area (Å²) in [5.41, 5.74) is 1.77. The van der Waals surface area contributed by atoms with Gasteiger partial charge in [0.15, 0.2) is 0 Å². The van der Waals surface area contributed by atoms with Crippen LogP contribution in [0, 0.1) is 5.41 Å². The highest BCUT2D eigenvalue weighted by Crippen LogP contribution is 2.28. The standard InChI is InChI=1S/C20H31N3O2/c1-6-14(2)21-18(24)16-13-15(22-19(25)20(3,4)5)9-10-17(16)23-11-7-8-12-23/h9-10,13-14H,6-8,11-12H2,1-5H3,(H,21,24)(H,22,25). The van der Waals surface area contributed by atoms with Gasteiger partial charge >= 0.3 is 0 Å². The van der Waals surface area contributed by atoms with Gasteiger partial charge in [-0.05, 0) is 44.4 Å². The number of benzene rings is 1. The molecule has 1 aromatic carbocycles. The summed E-state index contributed by atoms with van der Waals surface area (Å²) in [6.07, 6.45) is 3.18. The first-order chi connectivity index (χ1) is 11.7. The number of nitrogens with one attached hydrogen (secondary N) is 2. The molecule has 2 rings (SSSR count). The third kappa shape index (κ3) is 4.97. The Kier molecular flexibility index (Phi) is 6.09. The highest BCUT2D eigenvalue weighted by molar-refractivity contribution is 6.02. The van der Waals surface area contributed by atoms with Crippen LogP contribution in [0.3, 0.4) is 0 Å². The monoisotopic (exact) mass is 345 g/mol. The van der Waals surface area contributed by atoms with E-state index in [0.717, 1.165) is 38.0 Å². The third-order valence-electron chi connectivity index (χ3n) is 4.62. The van der Waals surface area contributed by atoms with Crippen molar-refractivity contribution in [2.45, 2.75) is 59.9 Å². The molecule has 1 aliphatic heterocycles. The van der Waals surface area contributed by atoms with E-state index in [0.29, 0.717) is 11.3 Å². The van der Waals surface area contributed by atoms with Crippen molar-refractivity contribution in [2.24, 2.45) is 5.41 Å². The second-order valence-electron chi connectivity index (χ2n) is 7.91. The molecular weight excluding hydrogens is 314 g/mol. The fraction of sp³-hybridized carbons (Fsp3) is 0.600. The van der Waals surface area contributed by atoms with Gasteiger partial charge in [-0.15, -0.1) is 0 Å². The minimum absolute atomic E-state index is 0.0605. The average Bonchev–Trinajstić information content (AvgIpc) is 3.07. The molecule has 1 unspecified atom stereocenters. The molecule has 2 amide bonds. The normalized spacial score (nSPS) is 15.8. The van der Waals surface area contributed by atoms with Crippen molar-refractivity contribution < 1.29 is 9.59 Å². The lowest BCUT2D eigenvalue weighted by molar-refractivity contribution is -0.123. The SMILES string of the molecule is CCC(C)NC(=O)c1cc(NC(=O)C(C)(C)C)ccc1N1CCCC1. The van der Waals surface area contributed by atoms with Gasteiger partial charge < -0.3 is 15.5 Å². The Balaban J connectivity index is 2.31. The minimum Gasteiger partial charge on any atom is -0.371 e. The van der Waals surface area contributed by atoms with Crippen LogP contribution < -0.4 is 15.5 Å². The second-order valence-corrected chi connectivity index (χ2v) is 7.91. The molecule has 5 nitrogen and oxygen atoms in total. The first kappa shape index (κ1) is 19.3. The maximum Gasteiger partial charge on any atom is 0.253 e. The number of amides is 2. The molecular formula is C20H31N3O2. The molecule has 1 aliphatic rings. The van der Waals surface area contributed by atoms with Crippen LogP contribution >= 0.6 is 0 Å². The smallest absolute Gasteiger partial charge is 0.253 e. The summed E-state index contributed by atoms with van der Waals surface area (Å²) < 4.78 is 0. The number of hydrogen-bond acceptors (Lipinski definition) is 3. The molecule has 0 saturated carbocycles. The Morgan fingerprint density at radius 3 is 2.40 bits per heavy atom. The zero-order chi connectivity index (χ0) is 18.6. The predicted octanol–water partition coefficient (Wildman–Crippen LogP) is 3.80. The summed E-state index contributed by atoms with van der Waals surface area (Å²) in [6.45, 7) is 11.6. The molecule has 0 radical (unpaired) electrons. The third-order valence-corrected chi connectivity index (χ3v) is 4.62.